The van der Waals surface area contributed by atoms with E-state index in [1.54, 1.807) is 12.4 Å². The molecule has 0 unspecified atom stereocenters. The van der Waals surface area contributed by atoms with Gasteiger partial charge in [-0.25, -0.2) is 9.97 Å². The predicted octanol–water partition coefficient (Wildman–Crippen LogP) is 4.57. The van der Waals surface area contributed by atoms with Crippen LogP contribution in [0.1, 0.15) is 30.1 Å². The maximum atomic E-state index is 4.77. The molecule has 5 heteroatoms. The maximum Gasteiger partial charge on any atom is 0.160 e. The van der Waals surface area contributed by atoms with Crippen LogP contribution in [0.5, 0.6) is 0 Å². The maximum absolute atomic E-state index is 4.77. The largest absolute Gasteiger partial charge is 0.253 e. The molecule has 1 fully saturated rings. The Morgan fingerprint density at radius 3 is 2.65 bits per heavy atom. The van der Waals surface area contributed by atoms with Crippen molar-refractivity contribution >= 4 is 32.6 Å². The van der Waals surface area contributed by atoms with Crippen LogP contribution in [0.15, 0.2) is 42.9 Å². The first-order valence-corrected chi connectivity index (χ1v) is 8.66. The van der Waals surface area contributed by atoms with E-state index in [2.05, 4.69) is 21.0 Å². The van der Waals surface area contributed by atoms with Crippen molar-refractivity contribution in [3.63, 3.8) is 0 Å². The molecule has 23 heavy (non-hydrogen) atoms. The summed E-state index contributed by atoms with van der Waals surface area (Å²) in [5.41, 5.74) is 2.74. The van der Waals surface area contributed by atoms with Crippen LogP contribution in [0.25, 0.3) is 32.6 Å². The molecule has 1 aliphatic carbocycles. The van der Waals surface area contributed by atoms with Gasteiger partial charge in [0.2, 0.25) is 0 Å². The molecule has 5 rings (SSSR count). The van der Waals surface area contributed by atoms with Gasteiger partial charge in [0.1, 0.15) is 4.83 Å². The highest BCUT2D eigenvalue weighted by molar-refractivity contribution is 7.18. The number of fused-ring (bicyclic) bond motifs is 2. The lowest BCUT2D eigenvalue weighted by Gasteiger charge is -2.23. The standard InChI is InChI=1S/C18H14N4S/c1-2-11(3-1)16-9-13-10-21-17(22-18(13)23-16)12-4-5-14-15(8-12)20-7-6-19-14/h4-11H,1-3H2. The van der Waals surface area contributed by atoms with Gasteiger partial charge in [0.15, 0.2) is 5.82 Å². The van der Waals surface area contributed by atoms with E-state index in [0.717, 1.165) is 38.6 Å². The Balaban J connectivity index is 1.60. The van der Waals surface area contributed by atoms with Crippen molar-refractivity contribution in [3.05, 3.63) is 47.7 Å². The zero-order chi connectivity index (χ0) is 15.2. The van der Waals surface area contributed by atoms with E-state index < -0.39 is 0 Å². The summed E-state index contributed by atoms with van der Waals surface area (Å²) in [4.78, 5) is 20.5. The van der Waals surface area contributed by atoms with Gasteiger partial charge in [-0.05, 0) is 43.0 Å². The highest BCUT2D eigenvalue weighted by atomic mass is 32.1. The lowest BCUT2D eigenvalue weighted by molar-refractivity contribution is 0.426. The predicted molar refractivity (Wildman–Crippen MR) is 92.5 cm³/mol. The Kier molecular flexibility index (Phi) is 2.88. The first-order chi connectivity index (χ1) is 11.4. The minimum absolute atomic E-state index is 0.744. The summed E-state index contributed by atoms with van der Waals surface area (Å²) in [6.07, 6.45) is 9.34. The minimum atomic E-state index is 0.744. The zero-order valence-electron chi connectivity index (χ0n) is 12.4. The van der Waals surface area contributed by atoms with Gasteiger partial charge >= 0.3 is 0 Å². The normalized spacial score (nSPS) is 15.1. The van der Waals surface area contributed by atoms with Gasteiger partial charge in [-0.15, -0.1) is 11.3 Å². The number of benzene rings is 1. The second-order valence-corrected chi connectivity index (χ2v) is 7.05. The van der Waals surface area contributed by atoms with Crippen LogP contribution in [0.4, 0.5) is 0 Å². The molecule has 0 amide bonds. The quantitative estimate of drug-likeness (QED) is 0.543. The van der Waals surface area contributed by atoms with Gasteiger partial charge in [0.05, 0.1) is 11.0 Å². The number of hydrogen-bond donors (Lipinski definition) is 0. The molecule has 112 valence electrons. The molecule has 4 aromatic rings. The number of hydrogen-bond acceptors (Lipinski definition) is 5. The van der Waals surface area contributed by atoms with Crippen molar-refractivity contribution in [3.8, 4) is 11.4 Å². The third-order valence-electron chi connectivity index (χ3n) is 4.53. The smallest absolute Gasteiger partial charge is 0.160 e. The van der Waals surface area contributed by atoms with E-state index in [1.165, 1.54) is 24.1 Å². The van der Waals surface area contributed by atoms with Crippen LogP contribution in [0.2, 0.25) is 0 Å². The van der Waals surface area contributed by atoms with Crippen LogP contribution in [0.3, 0.4) is 0 Å². The monoisotopic (exact) mass is 318 g/mol. The third kappa shape index (κ3) is 2.19. The van der Waals surface area contributed by atoms with E-state index in [1.807, 2.05) is 35.7 Å². The summed E-state index contributed by atoms with van der Waals surface area (Å²) < 4.78 is 0. The highest BCUT2D eigenvalue weighted by Gasteiger charge is 2.22. The molecule has 3 heterocycles. The number of aromatic nitrogens is 4. The summed E-state index contributed by atoms with van der Waals surface area (Å²) in [6.45, 7) is 0. The van der Waals surface area contributed by atoms with Crippen molar-refractivity contribution in [2.45, 2.75) is 25.2 Å². The molecule has 0 bridgehead atoms. The molecule has 0 atom stereocenters. The van der Waals surface area contributed by atoms with Crippen molar-refractivity contribution in [2.24, 2.45) is 0 Å². The highest BCUT2D eigenvalue weighted by Crippen LogP contribution is 2.41. The first kappa shape index (κ1) is 13.1. The van der Waals surface area contributed by atoms with Crippen LogP contribution >= 0.6 is 11.3 Å². The van der Waals surface area contributed by atoms with Gasteiger partial charge in [-0.1, -0.05) is 6.42 Å². The second kappa shape index (κ2) is 5.06. The molecule has 3 aromatic heterocycles. The number of rotatable bonds is 2. The molecule has 0 saturated heterocycles. The summed E-state index contributed by atoms with van der Waals surface area (Å²) in [6, 6.07) is 8.25. The van der Waals surface area contributed by atoms with E-state index in [9.17, 15) is 0 Å². The van der Waals surface area contributed by atoms with Crippen molar-refractivity contribution in [2.75, 3.05) is 0 Å². The second-order valence-electron chi connectivity index (χ2n) is 5.99. The van der Waals surface area contributed by atoms with Crippen LogP contribution < -0.4 is 0 Å². The molecule has 1 aromatic carbocycles. The van der Waals surface area contributed by atoms with Crippen LogP contribution in [0, 0.1) is 0 Å². The number of nitrogens with zero attached hydrogens (tertiary/aromatic N) is 4. The van der Waals surface area contributed by atoms with Gasteiger partial charge < -0.3 is 0 Å². The zero-order valence-corrected chi connectivity index (χ0v) is 13.3. The third-order valence-corrected chi connectivity index (χ3v) is 5.73. The molecule has 4 nitrogen and oxygen atoms in total. The Hall–Kier alpha value is -2.40. The lowest BCUT2D eigenvalue weighted by atomic mass is 9.84. The Labute approximate surface area is 137 Å². The summed E-state index contributed by atoms with van der Waals surface area (Å²) >= 11 is 1.81. The van der Waals surface area contributed by atoms with Gasteiger partial charge in [0.25, 0.3) is 0 Å². The van der Waals surface area contributed by atoms with Gasteiger partial charge in [0, 0.05) is 34.4 Å². The topological polar surface area (TPSA) is 51.6 Å². The molecular weight excluding hydrogens is 304 g/mol. The fourth-order valence-electron chi connectivity index (χ4n) is 2.99. The average molecular weight is 318 g/mol. The van der Waals surface area contributed by atoms with Crippen molar-refractivity contribution in [1.29, 1.82) is 0 Å². The first-order valence-electron chi connectivity index (χ1n) is 7.84. The van der Waals surface area contributed by atoms with Gasteiger partial charge in [-0.3, -0.25) is 9.97 Å². The lowest BCUT2D eigenvalue weighted by Crippen LogP contribution is -2.06. The molecular formula is C18H14N4S. The fourth-order valence-corrected chi connectivity index (χ4v) is 4.16. The van der Waals surface area contributed by atoms with Crippen LogP contribution in [-0.4, -0.2) is 19.9 Å². The average Bonchev–Trinajstić information content (AvgIpc) is 2.95. The molecule has 1 aliphatic rings. The Morgan fingerprint density at radius 2 is 1.83 bits per heavy atom. The summed E-state index contributed by atoms with van der Waals surface area (Å²) in [7, 11) is 0. The minimum Gasteiger partial charge on any atom is -0.253 e. The van der Waals surface area contributed by atoms with Crippen LogP contribution in [-0.2, 0) is 0 Å². The summed E-state index contributed by atoms with van der Waals surface area (Å²) in [5, 5.41) is 1.15. The summed E-state index contributed by atoms with van der Waals surface area (Å²) in [5.74, 6) is 1.50. The fraction of sp³-hybridized carbons (Fsp3) is 0.222. The SMILES string of the molecule is c1cnc2cc(-c3ncc4cc(C5CCC5)sc4n3)ccc2n1. The molecule has 0 aliphatic heterocycles. The van der Waals surface area contributed by atoms with E-state index >= 15 is 0 Å². The van der Waals surface area contributed by atoms with Crippen molar-refractivity contribution < 1.29 is 0 Å². The van der Waals surface area contributed by atoms with E-state index in [0.29, 0.717) is 0 Å². The number of thiophene rings is 1. The molecule has 0 radical (unpaired) electrons. The van der Waals surface area contributed by atoms with E-state index in [-0.39, 0.29) is 0 Å². The Bertz CT molecular complexity index is 1020. The van der Waals surface area contributed by atoms with E-state index in [4.69, 9.17) is 4.98 Å². The van der Waals surface area contributed by atoms with Crippen molar-refractivity contribution in [1.82, 2.24) is 19.9 Å². The van der Waals surface area contributed by atoms with Gasteiger partial charge in [-0.2, -0.15) is 0 Å². The molecule has 0 spiro atoms. The molecule has 1 saturated carbocycles. The molecule has 0 N–H and O–H groups in total. The Morgan fingerprint density at radius 1 is 0.957 bits per heavy atom.